The summed E-state index contributed by atoms with van der Waals surface area (Å²) in [5.41, 5.74) is 3.38. The number of pyridine rings is 1. The van der Waals surface area contributed by atoms with E-state index in [0.29, 0.717) is 29.2 Å². The largest absolute Gasteiger partial charge is 0.389 e. The van der Waals surface area contributed by atoms with Gasteiger partial charge in [0.1, 0.15) is 0 Å². The van der Waals surface area contributed by atoms with Gasteiger partial charge in [-0.3, -0.25) is 0 Å². The van der Waals surface area contributed by atoms with Crippen LogP contribution in [0.15, 0.2) is 24.4 Å². The normalized spacial score (nSPS) is 43.9. The number of aliphatic hydroxyl groups is 1. The van der Waals surface area contributed by atoms with Crippen molar-refractivity contribution in [1.82, 2.24) is 14.8 Å². The molecular weight excluding hydrogens is 468 g/mol. The summed E-state index contributed by atoms with van der Waals surface area (Å²) in [5.74, 6) is 7.23. The minimum atomic E-state index is -0.284. The van der Waals surface area contributed by atoms with Crippen LogP contribution < -0.4 is 5.32 Å². The standard InChI is InChI=1S/C33H48N4O/c1-6-26-31-25-8-7-24-22(23(25)14-17-33(26,31)38)13-16-32(5)27(9-10-28(24)32)20(3)34-29-11-12-30(35-21(29)4)37-18-15-19(2)36-37/h11-12,15,18,20,22-28,31,34,38H,6-10,13-14,16-17H2,1-5H3/t20-,22-,23-,24-,25+,26?,27-,28+,31?,32-,33+/m1/s1. The fraction of sp³-hybridized carbons (Fsp3) is 0.758. The molecule has 5 aliphatic rings. The lowest BCUT2D eigenvalue weighted by Crippen LogP contribution is -2.50. The number of anilines is 1. The van der Waals surface area contributed by atoms with Crippen molar-refractivity contribution in [1.29, 1.82) is 0 Å². The van der Waals surface area contributed by atoms with Gasteiger partial charge in [-0.2, -0.15) is 5.10 Å². The lowest BCUT2D eigenvalue weighted by Gasteiger charge is -2.56. The van der Waals surface area contributed by atoms with Crippen LogP contribution >= 0.6 is 0 Å². The number of aryl methyl sites for hydroxylation is 2. The average molecular weight is 517 g/mol. The van der Waals surface area contributed by atoms with Crippen molar-refractivity contribution in [2.24, 2.45) is 52.8 Å². The summed E-state index contributed by atoms with van der Waals surface area (Å²) in [6.07, 6.45) is 13.9. The Labute approximate surface area is 229 Å². The number of nitrogens with one attached hydrogen (secondary N) is 1. The van der Waals surface area contributed by atoms with Gasteiger partial charge in [-0.15, -0.1) is 0 Å². The lowest BCUT2D eigenvalue weighted by molar-refractivity contribution is -0.0804. The molecule has 38 heavy (non-hydrogen) atoms. The first-order valence-corrected chi connectivity index (χ1v) is 15.7. The Balaban J connectivity index is 1.05. The predicted octanol–water partition coefficient (Wildman–Crippen LogP) is 6.95. The zero-order valence-electron chi connectivity index (χ0n) is 24.2. The third-order valence-electron chi connectivity index (χ3n) is 12.8. The van der Waals surface area contributed by atoms with E-state index in [1.54, 1.807) is 0 Å². The van der Waals surface area contributed by atoms with Crippen LogP contribution in [0.3, 0.4) is 0 Å². The molecule has 7 rings (SSSR count). The maximum absolute atomic E-state index is 11.2. The smallest absolute Gasteiger partial charge is 0.153 e. The minimum absolute atomic E-state index is 0.284. The Morgan fingerprint density at radius 2 is 1.76 bits per heavy atom. The quantitative estimate of drug-likeness (QED) is 0.451. The molecule has 0 aromatic carbocycles. The van der Waals surface area contributed by atoms with Crippen LogP contribution in [-0.2, 0) is 0 Å². The predicted molar refractivity (Wildman–Crippen MR) is 152 cm³/mol. The van der Waals surface area contributed by atoms with Gasteiger partial charge in [0.05, 0.1) is 22.7 Å². The molecule has 0 amide bonds. The SMILES string of the molecule is CCC1C2[C@H]3CC[C@@H]4[C@H](CC[C@]5(C)[C@@H]([C@@H](C)Nc6ccc(-n7ccc(C)n7)nc6C)CC[C@@H]45)[C@H]3CC[C@]12O. The molecule has 5 nitrogen and oxygen atoms in total. The van der Waals surface area contributed by atoms with E-state index in [-0.39, 0.29) is 5.60 Å². The first kappa shape index (κ1) is 25.1. The van der Waals surface area contributed by atoms with E-state index in [0.717, 1.165) is 58.9 Å². The van der Waals surface area contributed by atoms with Crippen LogP contribution in [0.2, 0.25) is 0 Å². The van der Waals surface area contributed by atoms with Crippen molar-refractivity contribution in [3.05, 3.63) is 35.8 Å². The highest BCUT2D eigenvalue weighted by molar-refractivity contribution is 5.50. The number of nitrogens with zero attached hydrogens (tertiary/aromatic N) is 3. The number of fused-ring (bicyclic) bond motifs is 7. The summed E-state index contributed by atoms with van der Waals surface area (Å²) in [6, 6.07) is 6.75. The number of aromatic nitrogens is 3. The summed E-state index contributed by atoms with van der Waals surface area (Å²) >= 11 is 0. The van der Waals surface area contributed by atoms with Crippen LogP contribution in [0.25, 0.3) is 5.82 Å². The minimum Gasteiger partial charge on any atom is -0.389 e. The second-order valence-electron chi connectivity index (χ2n) is 14.3. The molecule has 2 heterocycles. The lowest BCUT2D eigenvalue weighted by atomic mass is 9.49. The van der Waals surface area contributed by atoms with E-state index in [4.69, 9.17) is 4.98 Å². The van der Waals surface area contributed by atoms with Crippen LogP contribution in [0, 0.1) is 66.6 Å². The first-order valence-electron chi connectivity index (χ1n) is 15.7. The monoisotopic (exact) mass is 516 g/mol. The van der Waals surface area contributed by atoms with Crippen molar-refractivity contribution in [2.75, 3.05) is 5.32 Å². The Morgan fingerprint density at radius 1 is 1.00 bits per heavy atom. The summed E-state index contributed by atoms with van der Waals surface area (Å²) in [5, 5.41) is 19.7. The van der Waals surface area contributed by atoms with Crippen LogP contribution in [-0.4, -0.2) is 31.5 Å². The molecule has 206 valence electrons. The van der Waals surface area contributed by atoms with Crippen molar-refractivity contribution in [2.45, 2.75) is 104 Å². The van der Waals surface area contributed by atoms with E-state index in [2.05, 4.69) is 50.2 Å². The highest BCUT2D eigenvalue weighted by Crippen LogP contribution is 2.71. The molecule has 5 heteroatoms. The van der Waals surface area contributed by atoms with Crippen molar-refractivity contribution in [3.63, 3.8) is 0 Å². The average Bonchev–Trinajstić information content (AvgIpc) is 3.14. The highest BCUT2D eigenvalue weighted by atomic mass is 16.3. The molecule has 2 unspecified atom stereocenters. The molecule has 0 saturated heterocycles. The number of hydrogen-bond donors (Lipinski definition) is 2. The van der Waals surface area contributed by atoms with Gasteiger partial charge in [0.15, 0.2) is 5.82 Å². The molecule has 0 aliphatic heterocycles. The molecule has 11 atom stereocenters. The van der Waals surface area contributed by atoms with Crippen molar-refractivity contribution < 1.29 is 5.11 Å². The van der Waals surface area contributed by atoms with Gasteiger partial charge < -0.3 is 10.4 Å². The number of rotatable bonds is 5. The summed E-state index contributed by atoms with van der Waals surface area (Å²) < 4.78 is 1.86. The van der Waals surface area contributed by atoms with E-state index in [1.165, 1.54) is 51.4 Å². The second kappa shape index (κ2) is 8.81. The maximum Gasteiger partial charge on any atom is 0.153 e. The Morgan fingerprint density at radius 3 is 2.50 bits per heavy atom. The van der Waals surface area contributed by atoms with E-state index in [9.17, 15) is 5.11 Å². The molecule has 0 spiro atoms. The molecule has 2 N–H and O–H groups in total. The zero-order valence-corrected chi connectivity index (χ0v) is 24.2. The molecule has 5 aliphatic carbocycles. The summed E-state index contributed by atoms with van der Waals surface area (Å²) in [7, 11) is 0. The topological polar surface area (TPSA) is 63.0 Å². The third-order valence-corrected chi connectivity index (χ3v) is 12.8. The Hall–Kier alpha value is -1.88. The highest BCUT2D eigenvalue weighted by Gasteiger charge is 2.70. The maximum atomic E-state index is 11.2. The van der Waals surface area contributed by atoms with E-state index in [1.807, 2.05) is 23.9 Å². The zero-order chi connectivity index (χ0) is 26.4. The molecule has 2 aromatic heterocycles. The molecular formula is C33H48N4O. The summed E-state index contributed by atoms with van der Waals surface area (Å²) in [4.78, 5) is 4.87. The van der Waals surface area contributed by atoms with Crippen LogP contribution in [0.4, 0.5) is 5.69 Å². The Kier molecular flexibility index (Phi) is 5.82. The Bertz CT molecular complexity index is 1210. The van der Waals surface area contributed by atoms with Gasteiger partial charge in [-0.1, -0.05) is 20.3 Å². The van der Waals surface area contributed by atoms with Gasteiger partial charge in [0, 0.05) is 12.2 Å². The van der Waals surface area contributed by atoms with Crippen molar-refractivity contribution >= 4 is 5.69 Å². The van der Waals surface area contributed by atoms with E-state index < -0.39 is 0 Å². The first-order chi connectivity index (χ1) is 18.2. The molecule has 2 aromatic rings. The fourth-order valence-corrected chi connectivity index (χ4v) is 11.2. The van der Waals surface area contributed by atoms with Gasteiger partial charge >= 0.3 is 0 Å². The third kappa shape index (κ3) is 3.59. The van der Waals surface area contributed by atoms with Crippen LogP contribution in [0.5, 0.6) is 0 Å². The number of hydrogen-bond acceptors (Lipinski definition) is 4. The van der Waals surface area contributed by atoms with Gasteiger partial charge in [-0.25, -0.2) is 9.67 Å². The fourth-order valence-electron chi connectivity index (χ4n) is 11.2. The van der Waals surface area contributed by atoms with Gasteiger partial charge in [-0.05, 0) is 143 Å². The van der Waals surface area contributed by atoms with Crippen LogP contribution in [0.1, 0.15) is 89.9 Å². The van der Waals surface area contributed by atoms with Gasteiger partial charge in [0.25, 0.3) is 0 Å². The molecule has 0 radical (unpaired) electrons. The molecule has 5 fully saturated rings. The van der Waals surface area contributed by atoms with Crippen molar-refractivity contribution in [3.8, 4) is 5.82 Å². The molecule has 0 bridgehead atoms. The van der Waals surface area contributed by atoms with E-state index >= 15 is 0 Å². The molecule has 5 saturated carbocycles. The second-order valence-corrected chi connectivity index (χ2v) is 14.3. The van der Waals surface area contributed by atoms with Gasteiger partial charge in [0.2, 0.25) is 0 Å². The summed E-state index contributed by atoms with van der Waals surface area (Å²) in [6.45, 7) is 11.5.